The average Bonchev–Trinajstić information content (AvgIpc) is 2.05. The number of carboxylic acids is 1. The van der Waals surface area contributed by atoms with Crippen LogP contribution in [0.4, 0.5) is 0 Å². The maximum atomic E-state index is 10.2. The van der Waals surface area contributed by atoms with Crippen LogP contribution in [0.5, 0.6) is 0 Å². The van der Waals surface area contributed by atoms with Gasteiger partial charge in [-0.25, -0.2) is 0 Å². The average molecular weight is 166 g/mol. The number of allylic oxidation sites excluding steroid dienone is 3. The molecule has 12 heavy (non-hydrogen) atoms. The lowest BCUT2D eigenvalue weighted by atomic mass is 9.95. The van der Waals surface area contributed by atoms with Crippen molar-refractivity contribution >= 4 is 5.97 Å². The summed E-state index contributed by atoms with van der Waals surface area (Å²) in [5.74, 6) is -0.288. The zero-order valence-corrected chi connectivity index (χ0v) is 7.07. The normalized spacial score (nSPS) is 23.2. The fraction of sp³-hybridized carbons (Fsp3) is 0.500. The van der Waals surface area contributed by atoms with Crippen LogP contribution in [0.1, 0.15) is 25.7 Å². The Morgan fingerprint density at radius 1 is 1.67 bits per heavy atom. The minimum atomic E-state index is -0.758. The van der Waals surface area contributed by atoms with Crippen molar-refractivity contribution in [3.05, 3.63) is 24.3 Å². The van der Waals surface area contributed by atoms with E-state index in [9.17, 15) is 4.79 Å². The number of rotatable bonds is 3. The molecule has 1 rings (SSSR count). The Bertz CT molecular complexity index is 204. The van der Waals surface area contributed by atoms with Gasteiger partial charge in [0.05, 0.1) is 6.42 Å². The second kappa shape index (κ2) is 4.75. The maximum Gasteiger partial charge on any atom is 0.307 e. The van der Waals surface area contributed by atoms with Crippen LogP contribution in [0.3, 0.4) is 0 Å². The smallest absolute Gasteiger partial charge is 0.307 e. The number of aliphatic carboxylic acids is 1. The Morgan fingerprint density at radius 2 is 2.50 bits per heavy atom. The van der Waals surface area contributed by atoms with Crippen LogP contribution in [0.15, 0.2) is 24.3 Å². The molecule has 1 aliphatic carbocycles. The molecular formula is C10H14O2. The molecule has 0 radical (unpaired) electrons. The molecule has 0 aromatic carbocycles. The van der Waals surface area contributed by atoms with Crippen LogP contribution < -0.4 is 0 Å². The SMILES string of the molecule is O=C(O)C/C=C/C1C=CCCC1. The highest BCUT2D eigenvalue weighted by atomic mass is 16.4. The van der Waals surface area contributed by atoms with Crippen molar-refractivity contribution in [3.8, 4) is 0 Å². The summed E-state index contributed by atoms with van der Waals surface area (Å²) in [7, 11) is 0. The highest BCUT2D eigenvalue weighted by molar-refractivity contribution is 5.68. The van der Waals surface area contributed by atoms with Gasteiger partial charge >= 0.3 is 5.97 Å². The predicted molar refractivity (Wildman–Crippen MR) is 47.9 cm³/mol. The van der Waals surface area contributed by atoms with Crippen LogP contribution in [-0.2, 0) is 4.79 Å². The molecule has 0 saturated heterocycles. The summed E-state index contributed by atoms with van der Waals surface area (Å²) in [4.78, 5) is 10.2. The van der Waals surface area contributed by atoms with Crippen molar-refractivity contribution in [2.75, 3.05) is 0 Å². The zero-order valence-electron chi connectivity index (χ0n) is 7.07. The molecule has 0 spiro atoms. The molecule has 1 N–H and O–H groups in total. The largest absolute Gasteiger partial charge is 0.481 e. The van der Waals surface area contributed by atoms with E-state index in [1.54, 1.807) is 6.08 Å². The number of carbonyl (C=O) groups is 1. The van der Waals surface area contributed by atoms with Crippen LogP contribution in [-0.4, -0.2) is 11.1 Å². The van der Waals surface area contributed by atoms with E-state index in [4.69, 9.17) is 5.11 Å². The fourth-order valence-corrected chi connectivity index (χ4v) is 1.34. The third kappa shape index (κ3) is 3.37. The van der Waals surface area contributed by atoms with Gasteiger partial charge in [-0.3, -0.25) is 4.79 Å². The summed E-state index contributed by atoms with van der Waals surface area (Å²) in [5.41, 5.74) is 0. The van der Waals surface area contributed by atoms with E-state index in [1.807, 2.05) is 6.08 Å². The van der Waals surface area contributed by atoms with E-state index < -0.39 is 5.97 Å². The third-order valence-electron chi connectivity index (χ3n) is 1.97. The van der Waals surface area contributed by atoms with E-state index in [2.05, 4.69) is 12.2 Å². The quantitative estimate of drug-likeness (QED) is 0.653. The minimum Gasteiger partial charge on any atom is -0.481 e. The van der Waals surface area contributed by atoms with Crippen molar-refractivity contribution in [2.24, 2.45) is 5.92 Å². The Labute approximate surface area is 72.6 Å². The molecule has 66 valence electrons. The van der Waals surface area contributed by atoms with Crippen LogP contribution in [0.2, 0.25) is 0 Å². The maximum absolute atomic E-state index is 10.2. The van der Waals surface area contributed by atoms with Crippen molar-refractivity contribution in [2.45, 2.75) is 25.7 Å². The first-order chi connectivity index (χ1) is 5.79. The van der Waals surface area contributed by atoms with Crippen molar-refractivity contribution in [3.63, 3.8) is 0 Å². The van der Waals surface area contributed by atoms with E-state index in [0.717, 1.165) is 6.42 Å². The van der Waals surface area contributed by atoms with E-state index in [1.165, 1.54) is 12.8 Å². The first kappa shape index (κ1) is 9.04. The molecule has 0 aromatic heterocycles. The Kier molecular flexibility index (Phi) is 3.58. The first-order valence-corrected chi connectivity index (χ1v) is 4.34. The van der Waals surface area contributed by atoms with Crippen LogP contribution in [0.25, 0.3) is 0 Å². The number of hydrogen-bond donors (Lipinski definition) is 1. The molecule has 0 heterocycles. The fourth-order valence-electron chi connectivity index (χ4n) is 1.34. The summed E-state index contributed by atoms with van der Waals surface area (Å²) in [5, 5.41) is 8.37. The number of carboxylic acid groups (broad SMARTS) is 1. The number of hydrogen-bond acceptors (Lipinski definition) is 1. The van der Waals surface area contributed by atoms with Gasteiger partial charge in [0.15, 0.2) is 0 Å². The Hall–Kier alpha value is -1.05. The molecule has 0 saturated carbocycles. The van der Waals surface area contributed by atoms with Gasteiger partial charge in [0.25, 0.3) is 0 Å². The lowest BCUT2D eigenvalue weighted by Crippen LogP contribution is -1.97. The van der Waals surface area contributed by atoms with Crippen molar-refractivity contribution in [1.29, 1.82) is 0 Å². The second-order valence-corrected chi connectivity index (χ2v) is 3.05. The standard InChI is InChI=1S/C10H14O2/c11-10(12)8-4-7-9-5-2-1-3-6-9/h2,4-5,7,9H,1,3,6,8H2,(H,11,12)/b7-4+. The van der Waals surface area contributed by atoms with Crippen molar-refractivity contribution < 1.29 is 9.90 Å². The molecular weight excluding hydrogens is 152 g/mol. The molecule has 2 heteroatoms. The minimum absolute atomic E-state index is 0.143. The van der Waals surface area contributed by atoms with Gasteiger partial charge in [-0.1, -0.05) is 24.3 Å². The summed E-state index contributed by atoms with van der Waals surface area (Å²) in [6.07, 6.45) is 11.7. The van der Waals surface area contributed by atoms with Crippen LogP contribution >= 0.6 is 0 Å². The highest BCUT2D eigenvalue weighted by Gasteiger charge is 2.03. The second-order valence-electron chi connectivity index (χ2n) is 3.05. The summed E-state index contributed by atoms with van der Waals surface area (Å²) in [6.45, 7) is 0. The lowest BCUT2D eigenvalue weighted by molar-refractivity contribution is -0.136. The monoisotopic (exact) mass is 166 g/mol. The van der Waals surface area contributed by atoms with Gasteiger partial charge < -0.3 is 5.11 Å². The van der Waals surface area contributed by atoms with Gasteiger partial charge in [0.2, 0.25) is 0 Å². The summed E-state index contributed by atoms with van der Waals surface area (Å²) in [6, 6.07) is 0. The first-order valence-electron chi connectivity index (χ1n) is 4.34. The summed E-state index contributed by atoms with van der Waals surface area (Å²) >= 11 is 0. The van der Waals surface area contributed by atoms with Crippen molar-refractivity contribution in [1.82, 2.24) is 0 Å². The van der Waals surface area contributed by atoms with E-state index in [0.29, 0.717) is 5.92 Å². The molecule has 0 aromatic rings. The molecule has 0 aliphatic heterocycles. The molecule has 0 amide bonds. The Morgan fingerprint density at radius 3 is 3.08 bits per heavy atom. The van der Waals surface area contributed by atoms with Gasteiger partial charge in [-0.2, -0.15) is 0 Å². The van der Waals surface area contributed by atoms with E-state index in [-0.39, 0.29) is 6.42 Å². The molecule has 0 bridgehead atoms. The van der Waals surface area contributed by atoms with E-state index >= 15 is 0 Å². The molecule has 2 nitrogen and oxygen atoms in total. The van der Waals surface area contributed by atoms with Gasteiger partial charge in [-0.15, -0.1) is 0 Å². The predicted octanol–water partition coefficient (Wildman–Crippen LogP) is 2.37. The lowest BCUT2D eigenvalue weighted by Gasteiger charge is -2.10. The van der Waals surface area contributed by atoms with Gasteiger partial charge in [0, 0.05) is 0 Å². The Balaban J connectivity index is 2.29. The molecule has 0 fully saturated rings. The van der Waals surface area contributed by atoms with Gasteiger partial charge in [0.1, 0.15) is 0 Å². The third-order valence-corrected chi connectivity index (χ3v) is 1.97. The molecule has 1 atom stereocenters. The molecule has 1 unspecified atom stereocenters. The van der Waals surface area contributed by atoms with Gasteiger partial charge in [-0.05, 0) is 25.2 Å². The summed E-state index contributed by atoms with van der Waals surface area (Å²) < 4.78 is 0. The van der Waals surface area contributed by atoms with Crippen LogP contribution in [0, 0.1) is 5.92 Å². The highest BCUT2D eigenvalue weighted by Crippen LogP contribution is 2.17. The zero-order chi connectivity index (χ0) is 8.81. The molecule has 1 aliphatic rings. The topological polar surface area (TPSA) is 37.3 Å².